The molecule has 520 valence electrons. The summed E-state index contributed by atoms with van der Waals surface area (Å²) in [6.45, 7) is -6.46. The number of hydrogen-bond donors (Lipinski definition) is 26. The Kier molecular flexibility index (Phi) is 25.9. The summed E-state index contributed by atoms with van der Waals surface area (Å²) < 4.78 is 82.3. The van der Waals surface area contributed by atoms with Crippen molar-refractivity contribution in [3.05, 3.63) is 0 Å². The molecule has 1 unspecified atom stereocenters. The van der Waals surface area contributed by atoms with Gasteiger partial charge in [-0.1, -0.05) is 0 Å². The van der Waals surface area contributed by atoms with E-state index in [1.807, 2.05) is 0 Å². The average Bonchev–Trinajstić information content (AvgIpc) is 3.72. The van der Waals surface area contributed by atoms with Crippen LogP contribution in [0.4, 0.5) is 0 Å². The Hall–Kier alpha value is -1.64. The molecule has 0 aromatic heterocycles. The Balaban J connectivity index is 0.811. The van der Waals surface area contributed by atoms with Gasteiger partial charge in [0.05, 0.1) is 52.9 Å². The Morgan fingerprint density at radius 2 is 0.315 bits per heavy atom. The van der Waals surface area contributed by atoms with Crippen LogP contribution in [-0.2, 0) is 71.1 Å². The quantitative estimate of drug-likeness (QED) is 0.0479. The van der Waals surface area contributed by atoms with E-state index in [9.17, 15) is 133 Å². The molecule has 8 aliphatic rings. The van der Waals surface area contributed by atoms with Crippen LogP contribution in [0.25, 0.3) is 0 Å². The standard InChI is InChI=1S/C48H82O41/c49-1-9-17(50)26(59)34(67)42(83-9)76-3-11-19(52)28(61)36(69)44(85-11)78-5-13-21(54)30(63)38(71)46(87-13)80-7-15-23(56)32(65)40(73)48(89-15)81-8-16-24(57)31(64)39(72)47(88-16)79-6-14-22(55)29(62)37(70)45(86-14)77-4-12-20(53)27(60)35(68)43(84-12)75-2-10-18(51)25(58)33(66)41(74)82-10/h9-74H,1-8H2/t9-,10-,11-,12-,13-,14-,15-,16-,17-,18-,19-,20-,21-,22-,23-,24-,25+,26+,27+,28+,29+,30+,31+,32+,33-,34-,35-,36-,37-,38-,39-,40-,41?,42+,43+,44+,45+,46+,47+,48+/m1/s1. The zero-order valence-corrected chi connectivity index (χ0v) is 46.5. The van der Waals surface area contributed by atoms with Crippen LogP contribution < -0.4 is 0 Å². The summed E-state index contributed by atoms with van der Waals surface area (Å²) in [4.78, 5) is 0. The lowest BCUT2D eigenvalue weighted by atomic mass is 9.97. The lowest BCUT2D eigenvalue weighted by molar-refractivity contribution is -0.354. The summed E-state index contributed by atoms with van der Waals surface area (Å²) in [5.41, 5.74) is 0. The molecule has 0 bridgehead atoms. The number of aliphatic hydroxyl groups excluding tert-OH is 26. The summed E-state index contributed by atoms with van der Waals surface area (Å²) in [6.07, 6.45) is -74.9. The fraction of sp³-hybridized carbons (Fsp3) is 1.00. The van der Waals surface area contributed by atoms with Crippen molar-refractivity contribution in [3.8, 4) is 0 Å². The minimum Gasteiger partial charge on any atom is -0.394 e. The lowest BCUT2D eigenvalue weighted by Gasteiger charge is -2.45. The summed E-state index contributed by atoms with van der Waals surface area (Å²) in [5.74, 6) is 0. The molecule has 0 radical (unpaired) electrons. The summed E-state index contributed by atoms with van der Waals surface area (Å²) in [7, 11) is 0. The molecule has 0 spiro atoms. The molecule has 8 fully saturated rings. The number of aliphatic hydroxyl groups is 26. The minimum atomic E-state index is -2.09. The number of rotatable bonds is 22. The first-order chi connectivity index (χ1) is 42.0. The molecular formula is C48H82O41. The molecule has 0 saturated carbocycles. The third kappa shape index (κ3) is 16.1. The van der Waals surface area contributed by atoms with Gasteiger partial charge in [0.1, 0.15) is 195 Å². The molecule has 0 aromatic carbocycles. The highest BCUT2D eigenvalue weighted by Crippen LogP contribution is 2.33. The smallest absolute Gasteiger partial charge is 0.186 e. The van der Waals surface area contributed by atoms with Crippen LogP contribution >= 0.6 is 0 Å². The van der Waals surface area contributed by atoms with E-state index in [1.165, 1.54) is 0 Å². The highest BCUT2D eigenvalue weighted by atomic mass is 16.8. The Morgan fingerprint density at radius 1 is 0.169 bits per heavy atom. The fourth-order valence-corrected chi connectivity index (χ4v) is 10.8. The molecule has 8 aliphatic heterocycles. The van der Waals surface area contributed by atoms with Crippen molar-refractivity contribution in [2.75, 3.05) is 52.9 Å². The van der Waals surface area contributed by atoms with E-state index in [0.29, 0.717) is 0 Å². The van der Waals surface area contributed by atoms with Gasteiger partial charge in [-0.2, -0.15) is 0 Å². The highest BCUT2D eigenvalue weighted by molar-refractivity contribution is 4.98. The predicted molar refractivity (Wildman–Crippen MR) is 264 cm³/mol. The molecule has 8 rings (SSSR count). The Labute approximate surface area is 501 Å². The van der Waals surface area contributed by atoms with Gasteiger partial charge in [-0.05, 0) is 0 Å². The number of hydrogen-bond acceptors (Lipinski definition) is 41. The van der Waals surface area contributed by atoms with Gasteiger partial charge in [0.2, 0.25) is 0 Å². The molecule has 40 atom stereocenters. The third-order valence-corrected chi connectivity index (χ3v) is 16.5. The molecule has 41 nitrogen and oxygen atoms in total. The van der Waals surface area contributed by atoms with Crippen molar-refractivity contribution >= 4 is 0 Å². The summed E-state index contributed by atoms with van der Waals surface area (Å²) in [6, 6.07) is 0. The van der Waals surface area contributed by atoms with Gasteiger partial charge in [0, 0.05) is 0 Å². The molecule has 89 heavy (non-hydrogen) atoms. The maximum Gasteiger partial charge on any atom is 0.186 e. The molecule has 0 aromatic rings. The molecule has 8 saturated heterocycles. The lowest BCUT2D eigenvalue weighted by Crippen LogP contribution is -2.63. The van der Waals surface area contributed by atoms with Gasteiger partial charge in [-0.3, -0.25) is 0 Å². The summed E-state index contributed by atoms with van der Waals surface area (Å²) in [5, 5.41) is 273. The van der Waals surface area contributed by atoms with Gasteiger partial charge in [0.15, 0.2) is 50.3 Å². The van der Waals surface area contributed by atoms with Gasteiger partial charge in [0.25, 0.3) is 0 Å². The van der Waals surface area contributed by atoms with Crippen molar-refractivity contribution in [3.63, 3.8) is 0 Å². The first-order valence-corrected chi connectivity index (χ1v) is 28.1. The monoisotopic (exact) mass is 1310 g/mol. The fourth-order valence-electron chi connectivity index (χ4n) is 10.8. The van der Waals surface area contributed by atoms with Crippen molar-refractivity contribution in [1.29, 1.82) is 0 Å². The largest absolute Gasteiger partial charge is 0.394 e. The first kappa shape index (κ1) is 73.2. The predicted octanol–water partition coefficient (Wildman–Crippen LogP) is -18.5. The van der Waals surface area contributed by atoms with E-state index in [2.05, 4.69) is 0 Å². The van der Waals surface area contributed by atoms with Crippen LogP contribution in [0, 0.1) is 0 Å². The second-order valence-corrected chi connectivity index (χ2v) is 22.7. The van der Waals surface area contributed by atoms with Crippen LogP contribution in [0.2, 0.25) is 0 Å². The van der Waals surface area contributed by atoms with Crippen molar-refractivity contribution in [2.45, 2.75) is 246 Å². The van der Waals surface area contributed by atoms with Crippen LogP contribution in [0.5, 0.6) is 0 Å². The summed E-state index contributed by atoms with van der Waals surface area (Å²) >= 11 is 0. The molecule has 26 N–H and O–H groups in total. The third-order valence-electron chi connectivity index (χ3n) is 16.5. The van der Waals surface area contributed by atoms with E-state index < -0.39 is 299 Å². The second-order valence-electron chi connectivity index (χ2n) is 22.7. The van der Waals surface area contributed by atoms with Gasteiger partial charge in [-0.15, -0.1) is 0 Å². The van der Waals surface area contributed by atoms with Crippen LogP contribution in [-0.4, -0.2) is 431 Å². The normalized spacial score (nSPS) is 53.6. The first-order valence-electron chi connectivity index (χ1n) is 28.1. The van der Waals surface area contributed by atoms with E-state index >= 15 is 0 Å². The molecule has 41 heteroatoms. The highest BCUT2D eigenvalue weighted by Gasteiger charge is 2.54. The van der Waals surface area contributed by atoms with Crippen molar-refractivity contribution in [1.82, 2.24) is 0 Å². The van der Waals surface area contributed by atoms with Crippen LogP contribution in [0.1, 0.15) is 0 Å². The second kappa shape index (κ2) is 31.5. The van der Waals surface area contributed by atoms with Crippen molar-refractivity contribution in [2.24, 2.45) is 0 Å². The molecule has 0 amide bonds. The van der Waals surface area contributed by atoms with E-state index in [1.54, 1.807) is 0 Å². The molecule has 8 heterocycles. The van der Waals surface area contributed by atoms with Crippen molar-refractivity contribution < 1.29 is 204 Å². The van der Waals surface area contributed by atoms with Crippen LogP contribution in [0.15, 0.2) is 0 Å². The van der Waals surface area contributed by atoms with Gasteiger partial charge in [-0.25, -0.2) is 0 Å². The van der Waals surface area contributed by atoms with E-state index in [4.69, 9.17) is 71.1 Å². The zero-order valence-electron chi connectivity index (χ0n) is 46.5. The topological polar surface area (TPSA) is 664 Å². The molecular weight excluding hydrogens is 1230 g/mol. The number of ether oxygens (including phenoxy) is 15. The Morgan fingerprint density at radius 3 is 0.494 bits per heavy atom. The van der Waals surface area contributed by atoms with E-state index in [0.717, 1.165) is 0 Å². The molecule has 0 aliphatic carbocycles. The Bertz CT molecular complexity index is 2130. The van der Waals surface area contributed by atoms with E-state index in [-0.39, 0.29) is 0 Å². The van der Waals surface area contributed by atoms with Gasteiger partial charge >= 0.3 is 0 Å². The van der Waals surface area contributed by atoms with Gasteiger partial charge < -0.3 is 204 Å². The maximum atomic E-state index is 10.9. The van der Waals surface area contributed by atoms with Crippen LogP contribution in [0.3, 0.4) is 0 Å². The minimum absolute atomic E-state index is 0.721. The zero-order chi connectivity index (χ0) is 65.4. The maximum absolute atomic E-state index is 10.9. The average molecular weight is 1320 g/mol. The SMILES string of the molecule is OC[C@H]1O[C@H](OC[C@H]2O[C@H](OC[C@H]3O[C@H](OC[C@H]4O[C@H](OC[C@H]5O[C@H](OC[C@H]6O[C@H](OC[C@H]7O[C@H](OC[C@H]8OC(O)[C@H](O)[C@@H](O)[C@@H]8O)[C@H](O)[C@@H](O)[C@@H]7O)[C@H](O)[C@@H](O)[C@@H]6O)[C@H](O)[C@@H](O)[C@@H]5O)[C@H](O)[C@@H](O)[C@@H]4O)[C@H](O)[C@@H](O)[C@@H]3O)[C@H](O)[C@@H](O)[C@@H]2O)[C@H](O)[C@@H](O)[C@@H]1O.